The molecule has 0 spiro atoms. The van der Waals surface area contributed by atoms with Crippen LogP contribution in [0.25, 0.3) is 0 Å². The lowest BCUT2D eigenvalue weighted by atomic mass is 10.0. The number of hydrogen-bond acceptors (Lipinski definition) is 5. The molecule has 2 rings (SSSR count). The summed E-state index contributed by atoms with van der Waals surface area (Å²) >= 11 is 2.76. The van der Waals surface area contributed by atoms with Crippen molar-refractivity contribution >= 4 is 39.7 Å². The van der Waals surface area contributed by atoms with Crippen molar-refractivity contribution in [1.82, 2.24) is 5.32 Å². The molecule has 6 heteroatoms. The number of carbonyl (C=O) groups is 2. The van der Waals surface area contributed by atoms with Crippen LogP contribution in [-0.2, 0) is 16.0 Å². The van der Waals surface area contributed by atoms with Crippen molar-refractivity contribution in [3.05, 3.63) is 35.9 Å². The highest BCUT2D eigenvalue weighted by Gasteiger charge is 2.22. The number of amidine groups is 1. The van der Waals surface area contributed by atoms with Gasteiger partial charge in [0.15, 0.2) is 10.3 Å². The second kappa shape index (κ2) is 8.24. The Morgan fingerprint density at radius 1 is 1.38 bits per heavy atom. The van der Waals surface area contributed by atoms with Crippen LogP contribution in [0.1, 0.15) is 12.5 Å². The summed E-state index contributed by atoms with van der Waals surface area (Å²) in [5.41, 5.74) is 1.10. The molecule has 0 aromatic heterocycles. The second-order valence-corrected chi connectivity index (χ2v) is 6.99. The van der Waals surface area contributed by atoms with E-state index in [2.05, 4.69) is 10.3 Å². The molecule has 1 amide bonds. The van der Waals surface area contributed by atoms with Crippen LogP contribution in [0, 0.1) is 5.92 Å². The molecule has 4 nitrogen and oxygen atoms in total. The number of thioether (sulfide) groups is 2. The van der Waals surface area contributed by atoms with Crippen LogP contribution in [0.3, 0.4) is 0 Å². The van der Waals surface area contributed by atoms with E-state index in [1.54, 1.807) is 11.8 Å². The van der Waals surface area contributed by atoms with Crippen LogP contribution in [0.15, 0.2) is 35.3 Å². The van der Waals surface area contributed by atoms with Gasteiger partial charge in [-0.05, 0) is 12.0 Å². The smallest absolute Gasteiger partial charge is 0.230 e. The first-order valence-electron chi connectivity index (χ1n) is 6.80. The topological polar surface area (TPSA) is 58.5 Å². The molecule has 0 saturated carbocycles. The highest BCUT2D eigenvalue weighted by Crippen LogP contribution is 2.17. The Bertz CT molecular complexity index is 532. The summed E-state index contributed by atoms with van der Waals surface area (Å²) in [6.07, 6.45) is 0.630. The Morgan fingerprint density at radius 2 is 2.14 bits per heavy atom. The van der Waals surface area contributed by atoms with Gasteiger partial charge in [-0.15, -0.1) is 0 Å². The van der Waals surface area contributed by atoms with Crippen molar-refractivity contribution in [2.24, 2.45) is 10.9 Å². The zero-order valence-corrected chi connectivity index (χ0v) is 13.5. The number of hydrogen-bond donors (Lipinski definition) is 1. The maximum absolute atomic E-state index is 12.4. The number of carbonyl (C=O) groups excluding carboxylic acids is 2. The number of benzene rings is 1. The summed E-state index contributed by atoms with van der Waals surface area (Å²) in [5, 5.41) is 3.61. The van der Waals surface area contributed by atoms with E-state index in [-0.39, 0.29) is 16.9 Å². The van der Waals surface area contributed by atoms with Gasteiger partial charge in [-0.3, -0.25) is 14.6 Å². The zero-order valence-electron chi connectivity index (χ0n) is 11.9. The first kappa shape index (κ1) is 16.1. The van der Waals surface area contributed by atoms with E-state index >= 15 is 0 Å². The van der Waals surface area contributed by atoms with Gasteiger partial charge in [-0.2, -0.15) is 0 Å². The molecule has 0 saturated heterocycles. The number of nitrogens with one attached hydrogen (secondary N) is 1. The lowest BCUT2D eigenvalue weighted by Crippen LogP contribution is -2.36. The lowest BCUT2D eigenvalue weighted by Gasteiger charge is -2.15. The van der Waals surface area contributed by atoms with Crippen molar-refractivity contribution < 1.29 is 9.59 Å². The van der Waals surface area contributed by atoms with E-state index in [9.17, 15) is 9.59 Å². The number of rotatable bonds is 5. The van der Waals surface area contributed by atoms with Crippen molar-refractivity contribution in [1.29, 1.82) is 0 Å². The van der Waals surface area contributed by atoms with E-state index in [0.717, 1.165) is 17.9 Å². The van der Waals surface area contributed by atoms with Gasteiger partial charge in [0, 0.05) is 18.4 Å². The molecule has 0 fully saturated rings. The maximum atomic E-state index is 12.4. The van der Waals surface area contributed by atoms with Crippen LogP contribution in [-0.4, -0.2) is 34.2 Å². The second-order valence-electron chi connectivity index (χ2n) is 4.71. The first-order chi connectivity index (χ1) is 10.1. The minimum atomic E-state index is -0.231. The molecule has 1 aliphatic heterocycles. The normalized spacial score (nSPS) is 15.4. The first-order valence-corrected chi connectivity index (χ1v) is 8.77. The van der Waals surface area contributed by atoms with Gasteiger partial charge in [-0.25, -0.2) is 0 Å². The third kappa shape index (κ3) is 5.55. The van der Waals surface area contributed by atoms with Crippen LogP contribution in [0.2, 0.25) is 0 Å². The number of nitrogens with zero attached hydrogens (tertiary/aromatic N) is 1. The maximum Gasteiger partial charge on any atom is 0.230 e. The molecule has 0 aliphatic carbocycles. The largest absolute Gasteiger partial charge is 0.305 e. The third-order valence-electron chi connectivity index (χ3n) is 3.00. The van der Waals surface area contributed by atoms with Gasteiger partial charge in [0.1, 0.15) is 0 Å². The van der Waals surface area contributed by atoms with Gasteiger partial charge in [0.2, 0.25) is 5.91 Å². The Hall–Kier alpha value is -1.27. The quantitative estimate of drug-likeness (QED) is 0.904. The molecule has 21 heavy (non-hydrogen) atoms. The predicted octanol–water partition coefficient (Wildman–Crippen LogP) is 2.34. The molecule has 1 heterocycles. The summed E-state index contributed by atoms with van der Waals surface area (Å²) in [5.74, 6) is 1.13. The number of aliphatic imine (C=N–C) groups is 1. The highest BCUT2D eigenvalue weighted by atomic mass is 32.2. The molecule has 1 atom stereocenters. The standard InChI is InChI=1S/C15H18N2O2S2/c1-11(18)21-10-13(9-12-5-3-2-4-6-12)14(19)17-15-16-7-8-20-15/h2-6,13H,7-10H2,1H3,(H,16,17,19). The van der Waals surface area contributed by atoms with E-state index in [1.165, 1.54) is 18.7 Å². The third-order valence-corrected chi connectivity index (χ3v) is 4.87. The van der Waals surface area contributed by atoms with Gasteiger partial charge in [-0.1, -0.05) is 53.9 Å². The highest BCUT2D eigenvalue weighted by molar-refractivity contribution is 8.14. The molecule has 112 valence electrons. The van der Waals surface area contributed by atoms with E-state index < -0.39 is 0 Å². The summed E-state index contributed by atoms with van der Waals surface area (Å²) in [6.45, 7) is 2.28. The van der Waals surface area contributed by atoms with E-state index in [4.69, 9.17) is 0 Å². The Kier molecular flexibility index (Phi) is 6.32. The molecule has 1 aromatic carbocycles. The fourth-order valence-corrected chi connectivity index (χ4v) is 3.40. The monoisotopic (exact) mass is 322 g/mol. The van der Waals surface area contributed by atoms with Crippen LogP contribution in [0.4, 0.5) is 0 Å². The van der Waals surface area contributed by atoms with E-state index in [0.29, 0.717) is 17.3 Å². The fraction of sp³-hybridized carbons (Fsp3) is 0.400. The molecule has 1 N–H and O–H groups in total. The summed E-state index contributed by atoms with van der Waals surface area (Å²) in [7, 11) is 0. The Morgan fingerprint density at radius 3 is 2.76 bits per heavy atom. The van der Waals surface area contributed by atoms with Crippen molar-refractivity contribution in [3.8, 4) is 0 Å². The van der Waals surface area contributed by atoms with Crippen LogP contribution in [0.5, 0.6) is 0 Å². The fourth-order valence-electron chi connectivity index (χ4n) is 1.96. The van der Waals surface area contributed by atoms with Gasteiger partial charge < -0.3 is 5.32 Å². The molecule has 1 aliphatic rings. The molecular weight excluding hydrogens is 304 g/mol. The van der Waals surface area contributed by atoms with Crippen LogP contribution >= 0.6 is 23.5 Å². The summed E-state index contributed by atoms with van der Waals surface area (Å²) < 4.78 is 0. The van der Waals surface area contributed by atoms with E-state index in [1.807, 2.05) is 30.3 Å². The zero-order chi connectivity index (χ0) is 15.1. The Balaban J connectivity index is 1.99. The average Bonchev–Trinajstić information content (AvgIpc) is 2.97. The molecule has 1 unspecified atom stereocenters. The van der Waals surface area contributed by atoms with Crippen molar-refractivity contribution in [2.45, 2.75) is 13.3 Å². The van der Waals surface area contributed by atoms with Crippen molar-refractivity contribution in [2.75, 3.05) is 18.1 Å². The minimum absolute atomic E-state index is 0.0356. The number of amides is 1. The summed E-state index contributed by atoms with van der Waals surface area (Å²) in [4.78, 5) is 27.8. The average molecular weight is 322 g/mol. The molecular formula is C15H18N2O2S2. The SMILES string of the molecule is CC(=O)SCC(Cc1ccccc1)C(=O)NC1=NCCS1. The van der Waals surface area contributed by atoms with Gasteiger partial charge >= 0.3 is 0 Å². The van der Waals surface area contributed by atoms with Gasteiger partial charge in [0.05, 0.1) is 12.5 Å². The van der Waals surface area contributed by atoms with Gasteiger partial charge in [0.25, 0.3) is 0 Å². The Labute approximate surface area is 133 Å². The molecule has 1 aromatic rings. The van der Waals surface area contributed by atoms with Crippen molar-refractivity contribution in [3.63, 3.8) is 0 Å². The lowest BCUT2D eigenvalue weighted by molar-refractivity contribution is -0.122. The molecule has 0 bridgehead atoms. The minimum Gasteiger partial charge on any atom is -0.305 e. The van der Waals surface area contributed by atoms with Crippen LogP contribution < -0.4 is 5.32 Å². The molecule has 0 radical (unpaired) electrons. The summed E-state index contributed by atoms with van der Waals surface area (Å²) in [6, 6.07) is 9.87. The predicted molar refractivity (Wildman–Crippen MR) is 89.7 cm³/mol.